The normalized spacial score (nSPS) is 10.8. The van der Waals surface area contributed by atoms with Crippen LogP contribution in [0, 0.1) is 0 Å². The van der Waals surface area contributed by atoms with Gasteiger partial charge >= 0.3 is 5.69 Å². The summed E-state index contributed by atoms with van der Waals surface area (Å²) >= 11 is 0. The highest BCUT2D eigenvalue weighted by Crippen LogP contribution is 2.00. The zero-order valence-electron chi connectivity index (χ0n) is 9.04. The molecule has 0 aliphatic rings. The quantitative estimate of drug-likeness (QED) is 0.840. The molecule has 0 bridgehead atoms. The molecular weight excluding hydrogens is 218 g/mol. The topological polar surface area (TPSA) is 67.8 Å². The van der Waals surface area contributed by atoms with Crippen molar-refractivity contribution in [3.05, 3.63) is 69.0 Å². The molecule has 0 spiro atoms. The van der Waals surface area contributed by atoms with Crippen molar-refractivity contribution in [3.63, 3.8) is 0 Å². The van der Waals surface area contributed by atoms with Crippen molar-refractivity contribution >= 4 is 6.08 Å². The maximum atomic E-state index is 11.3. The van der Waals surface area contributed by atoms with Crippen LogP contribution < -0.4 is 11.2 Å². The number of allylic oxidation sites excluding steroid dienone is 1. The Morgan fingerprint density at radius 1 is 1.24 bits per heavy atom. The van der Waals surface area contributed by atoms with Gasteiger partial charge in [-0.2, -0.15) is 5.10 Å². The Balaban J connectivity index is 2.10. The van der Waals surface area contributed by atoms with E-state index >= 15 is 0 Å². The van der Waals surface area contributed by atoms with Crippen LogP contribution >= 0.6 is 0 Å². The molecular formula is C12H11N3O2. The number of hydrogen-bond donors (Lipinski definition) is 1. The minimum absolute atomic E-state index is 0.324. The van der Waals surface area contributed by atoms with Crippen molar-refractivity contribution in [2.24, 2.45) is 0 Å². The Labute approximate surface area is 97.1 Å². The largest absolute Gasteiger partial charge is 0.345 e. The van der Waals surface area contributed by atoms with Gasteiger partial charge in [-0.3, -0.25) is 9.78 Å². The smallest absolute Gasteiger partial charge is 0.271 e. The number of hydrogen-bond acceptors (Lipinski definition) is 3. The lowest BCUT2D eigenvalue weighted by Gasteiger charge is -1.97. The van der Waals surface area contributed by atoms with E-state index in [2.05, 4.69) is 10.1 Å². The third-order valence-corrected chi connectivity index (χ3v) is 2.17. The molecule has 0 saturated carbocycles. The molecule has 2 rings (SSSR count). The van der Waals surface area contributed by atoms with Crippen molar-refractivity contribution in [1.82, 2.24) is 14.8 Å². The molecule has 5 nitrogen and oxygen atoms in total. The highest BCUT2D eigenvalue weighted by molar-refractivity contribution is 5.48. The van der Waals surface area contributed by atoms with Gasteiger partial charge in [-0.05, 0) is 5.56 Å². The summed E-state index contributed by atoms with van der Waals surface area (Å²) in [5.74, 6) is 0. The van der Waals surface area contributed by atoms with Gasteiger partial charge in [-0.1, -0.05) is 42.5 Å². The first-order valence-corrected chi connectivity index (χ1v) is 5.14. The molecule has 0 atom stereocenters. The molecule has 1 heterocycles. The lowest BCUT2D eigenvalue weighted by atomic mass is 10.2. The second-order valence-electron chi connectivity index (χ2n) is 3.43. The molecule has 0 aliphatic heterocycles. The van der Waals surface area contributed by atoms with E-state index in [4.69, 9.17) is 0 Å². The van der Waals surface area contributed by atoms with E-state index in [1.54, 1.807) is 0 Å². The lowest BCUT2D eigenvalue weighted by molar-refractivity contribution is 0.619. The Morgan fingerprint density at radius 3 is 2.71 bits per heavy atom. The molecule has 0 saturated heterocycles. The van der Waals surface area contributed by atoms with Crippen molar-refractivity contribution in [3.8, 4) is 0 Å². The van der Waals surface area contributed by atoms with Gasteiger partial charge in [-0.25, -0.2) is 9.48 Å². The van der Waals surface area contributed by atoms with E-state index in [1.165, 1.54) is 4.68 Å². The van der Waals surface area contributed by atoms with Crippen molar-refractivity contribution in [2.75, 3.05) is 0 Å². The third-order valence-electron chi connectivity index (χ3n) is 2.17. The van der Waals surface area contributed by atoms with Crippen LogP contribution in [0.3, 0.4) is 0 Å². The van der Waals surface area contributed by atoms with E-state index in [9.17, 15) is 9.59 Å². The molecule has 1 aromatic carbocycles. The van der Waals surface area contributed by atoms with Crippen LogP contribution in [0.5, 0.6) is 0 Å². The summed E-state index contributed by atoms with van der Waals surface area (Å²) in [5.41, 5.74) is 0.0541. The monoisotopic (exact) mass is 229 g/mol. The molecule has 0 radical (unpaired) electrons. The van der Waals surface area contributed by atoms with Crippen LogP contribution in [0.25, 0.3) is 6.08 Å². The Bertz CT molecular complexity index is 626. The Morgan fingerprint density at radius 2 is 2.00 bits per heavy atom. The van der Waals surface area contributed by atoms with Gasteiger partial charge in [-0.15, -0.1) is 0 Å². The molecule has 5 heteroatoms. The lowest BCUT2D eigenvalue weighted by Crippen LogP contribution is -2.31. The molecule has 0 fully saturated rings. The fraction of sp³-hybridized carbons (Fsp3) is 0.0833. The van der Waals surface area contributed by atoms with E-state index in [-0.39, 0.29) is 0 Å². The van der Waals surface area contributed by atoms with E-state index in [0.717, 1.165) is 11.8 Å². The average molecular weight is 229 g/mol. The number of benzene rings is 1. The van der Waals surface area contributed by atoms with Gasteiger partial charge in [0.25, 0.3) is 5.56 Å². The summed E-state index contributed by atoms with van der Waals surface area (Å²) in [5, 5.41) is 3.72. The van der Waals surface area contributed by atoms with Crippen LogP contribution in [0.4, 0.5) is 0 Å². The average Bonchev–Trinajstić information content (AvgIpc) is 2.33. The van der Waals surface area contributed by atoms with Crippen LogP contribution in [0.15, 0.2) is 52.2 Å². The van der Waals surface area contributed by atoms with Crippen LogP contribution in [-0.2, 0) is 6.54 Å². The number of H-pyrrole nitrogens is 1. The summed E-state index contributed by atoms with van der Waals surface area (Å²) in [6.45, 7) is 0.324. The first-order chi connectivity index (χ1) is 8.25. The van der Waals surface area contributed by atoms with Crippen molar-refractivity contribution < 1.29 is 0 Å². The predicted octanol–water partition coefficient (Wildman–Crippen LogP) is 0.645. The van der Waals surface area contributed by atoms with E-state index in [0.29, 0.717) is 6.54 Å². The summed E-state index contributed by atoms with van der Waals surface area (Å²) in [6, 6.07) is 9.72. The summed E-state index contributed by atoms with van der Waals surface area (Å²) < 4.78 is 1.18. The fourth-order valence-corrected chi connectivity index (χ4v) is 1.36. The molecule has 0 aliphatic carbocycles. The van der Waals surface area contributed by atoms with Crippen molar-refractivity contribution in [1.29, 1.82) is 0 Å². The van der Waals surface area contributed by atoms with Crippen LogP contribution in [0.1, 0.15) is 5.56 Å². The number of nitrogens with one attached hydrogen (secondary N) is 1. The number of nitrogens with zero attached hydrogens (tertiary/aromatic N) is 2. The SMILES string of the molecule is O=c1cnn(CC=Cc2ccccc2)c(=O)[nH]1. The van der Waals surface area contributed by atoms with Gasteiger partial charge in [0.15, 0.2) is 0 Å². The van der Waals surface area contributed by atoms with Gasteiger partial charge in [0.1, 0.15) is 6.20 Å². The summed E-state index contributed by atoms with van der Waals surface area (Å²) in [4.78, 5) is 24.2. The first-order valence-electron chi connectivity index (χ1n) is 5.14. The zero-order chi connectivity index (χ0) is 12.1. The van der Waals surface area contributed by atoms with Crippen LogP contribution in [-0.4, -0.2) is 14.8 Å². The molecule has 17 heavy (non-hydrogen) atoms. The second kappa shape index (κ2) is 5.07. The second-order valence-corrected chi connectivity index (χ2v) is 3.43. The predicted molar refractivity (Wildman–Crippen MR) is 64.6 cm³/mol. The van der Waals surface area contributed by atoms with E-state index in [1.807, 2.05) is 42.5 Å². The molecule has 1 N–H and O–H groups in total. The standard InChI is InChI=1S/C12H11N3O2/c16-11-9-13-15(12(17)14-11)8-4-7-10-5-2-1-3-6-10/h1-7,9H,8H2,(H,14,16,17). The fourth-order valence-electron chi connectivity index (χ4n) is 1.36. The Kier molecular flexibility index (Phi) is 3.30. The van der Waals surface area contributed by atoms with Gasteiger partial charge in [0, 0.05) is 0 Å². The maximum Gasteiger partial charge on any atom is 0.345 e. The molecule has 0 unspecified atom stereocenters. The highest BCUT2D eigenvalue weighted by atomic mass is 16.2. The molecule has 0 amide bonds. The first kappa shape index (κ1) is 11.1. The molecule has 2 aromatic rings. The molecule has 1 aromatic heterocycles. The highest BCUT2D eigenvalue weighted by Gasteiger charge is 1.94. The minimum atomic E-state index is -0.504. The summed E-state index contributed by atoms with van der Waals surface area (Å²) in [6.07, 6.45) is 4.78. The third kappa shape index (κ3) is 3.01. The number of rotatable bonds is 3. The maximum absolute atomic E-state index is 11.3. The summed E-state index contributed by atoms with van der Waals surface area (Å²) in [7, 11) is 0. The van der Waals surface area contributed by atoms with Gasteiger partial charge < -0.3 is 0 Å². The minimum Gasteiger partial charge on any atom is -0.271 e. The van der Waals surface area contributed by atoms with Crippen LogP contribution in [0.2, 0.25) is 0 Å². The number of aromatic amines is 1. The Hall–Kier alpha value is -2.43. The van der Waals surface area contributed by atoms with Crippen molar-refractivity contribution in [2.45, 2.75) is 6.54 Å². The molecule has 86 valence electrons. The van der Waals surface area contributed by atoms with E-state index < -0.39 is 11.2 Å². The zero-order valence-corrected chi connectivity index (χ0v) is 9.04. The van der Waals surface area contributed by atoms with Gasteiger partial charge in [0.05, 0.1) is 6.54 Å². The van der Waals surface area contributed by atoms with Gasteiger partial charge in [0.2, 0.25) is 0 Å². The number of aromatic nitrogens is 3.